The van der Waals surface area contributed by atoms with Crippen molar-refractivity contribution in [2.24, 2.45) is 5.41 Å². The largest absolute Gasteiger partial charge is 0.508 e. The van der Waals surface area contributed by atoms with Gasteiger partial charge < -0.3 is 55.2 Å². The monoisotopic (exact) mass is 1410 g/mol. The molecule has 0 spiro atoms. The summed E-state index contributed by atoms with van der Waals surface area (Å²) in [6.07, 6.45) is 2.78. The van der Waals surface area contributed by atoms with Crippen LogP contribution in [0.3, 0.4) is 0 Å². The molecule has 0 aliphatic heterocycles. The van der Waals surface area contributed by atoms with Crippen LogP contribution in [0.5, 0.6) is 34.5 Å². The minimum atomic E-state index is -0.251. The highest BCUT2D eigenvalue weighted by molar-refractivity contribution is 5.91. The third kappa shape index (κ3) is 24.6. The van der Waals surface area contributed by atoms with Gasteiger partial charge in [0.15, 0.2) is 0 Å². The number of methoxy groups -OCH3 is 1. The lowest BCUT2D eigenvalue weighted by atomic mass is 9.71. The standard InChI is InChI=1S/C25H37NO.C23H34N2O2.C23H31NO4.C19H25NO/c1-8-26(9-2)17-20-15-21(25(6,7)18-24(3,4)5)16-22(23(20)27)19-13-11-10-12-14-19;1-15-9-19(11-17(21(15)26)13-24(5)6)23(3,4)20-10-16(2)22(27)18(12-20)14-25(7)8;1-3-21(17-5-8-20(27)9-6-17)22(4-2)18-7-10-23(28)19(15-18)16-24(11-13-25)12-14-26;1-19(2,16-9-7-6-8-10-16)17-11-12-18(21-5)15(13-17)14-20(3)4/h10-16,27H,8-9,17-18H2,1-7H3;9-12,26-27H,13-14H2,1-8H3;5-10,15,25-28H,3-4,11-14,16H2,1-2H3;6-13H,14H2,1-5H3/b;;22-21+;. The number of rotatable bonds is 28. The summed E-state index contributed by atoms with van der Waals surface area (Å²) in [6.45, 7) is 39.3. The van der Waals surface area contributed by atoms with Crippen LogP contribution >= 0.6 is 0 Å². The zero-order valence-corrected chi connectivity index (χ0v) is 66.7. The molecule has 7 N–H and O–H groups in total. The molecule has 0 amide bonds. The number of allylic oxidation sites excluding steroid dienone is 2. The Bertz CT molecular complexity index is 3890. The molecule has 13 nitrogen and oxygen atoms in total. The fourth-order valence-corrected chi connectivity index (χ4v) is 13.9. The van der Waals surface area contributed by atoms with E-state index in [1.165, 1.54) is 33.4 Å². The molecule has 0 aliphatic rings. The van der Waals surface area contributed by atoms with Crippen molar-refractivity contribution >= 4 is 11.1 Å². The Labute approximate surface area is 620 Å². The first-order valence-electron chi connectivity index (χ1n) is 36.7. The highest BCUT2D eigenvalue weighted by Crippen LogP contribution is 2.44. The van der Waals surface area contributed by atoms with Gasteiger partial charge in [-0.2, -0.15) is 0 Å². The number of benzene rings is 8. The van der Waals surface area contributed by atoms with Gasteiger partial charge in [0.05, 0.1) is 20.3 Å². The number of aliphatic hydroxyl groups is 2. The molecule has 8 rings (SSSR count). The SMILES string of the molecule is CC/C(=C(/CC)c1ccc(O)c(CN(CCO)CCO)c1)c1ccc(O)cc1.CCN(CC)Cc1cc(C(C)(C)CC(C)(C)C)cc(-c2ccccc2)c1O.COc1ccc(C(C)(C)c2ccccc2)cc1CN(C)C.Cc1cc(C(C)(C)c2cc(C)c(O)c(CN(C)C)c2)cc(CN(C)C)c1O. The molecular weight excluding hydrogens is 1280 g/mol. The number of hydrogen-bond donors (Lipinski definition) is 7. The van der Waals surface area contributed by atoms with Crippen molar-refractivity contribution in [2.45, 2.75) is 172 Å². The van der Waals surface area contributed by atoms with E-state index >= 15 is 0 Å². The number of aliphatic hydroxyl groups excluding tert-OH is 2. The highest BCUT2D eigenvalue weighted by Gasteiger charge is 2.31. The Morgan fingerprint density at radius 1 is 0.408 bits per heavy atom. The second kappa shape index (κ2) is 39.2. The van der Waals surface area contributed by atoms with E-state index in [1.54, 1.807) is 25.3 Å². The summed E-state index contributed by atoms with van der Waals surface area (Å²) in [5.41, 5.74) is 19.5. The van der Waals surface area contributed by atoms with Gasteiger partial charge in [-0.1, -0.05) is 193 Å². The maximum atomic E-state index is 11.1. The van der Waals surface area contributed by atoms with Gasteiger partial charge in [-0.15, -0.1) is 0 Å². The summed E-state index contributed by atoms with van der Waals surface area (Å²) in [7, 11) is 13.9. The van der Waals surface area contributed by atoms with Crippen molar-refractivity contribution in [3.8, 4) is 45.6 Å². The van der Waals surface area contributed by atoms with Crippen LogP contribution in [0.1, 0.15) is 187 Å². The number of aryl methyl sites for hydroxylation is 2. The van der Waals surface area contributed by atoms with Crippen molar-refractivity contribution in [3.63, 3.8) is 0 Å². The summed E-state index contributed by atoms with van der Waals surface area (Å²) >= 11 is 0. The summed E-state index contributed by atoms with van der Waals surface area (Å²) < 4.78 is 5.49. The lowest BCUT2D eigenvalue weighted by molar-refractivity contribution is 0.155. The summed E-state index contributed by atoms with van der Waals surface area (Å²) in [6, 6.07) is 53.1. The molecule has 0 aromatic heterocycles. The third-order valence-electron chi connectivity index (χ3n) is 19.4. The average molecular weight is 1410 g/mol. The van der Waals surface area contributed by atoms with Crippen LogP contribution in [0.25, 0.3) is 22.3 Å². The van der Waals surface area contributed by atoms with E-state index in [0.29, 0.717) is 50.0 Å². The Balaban J connectivity index is 0.000000248. The zero-order valence-electron chi connectivity index (χ0n) is 66.7. The van der Waals surface area contributed by atoms with Gasteiger partial charge in [-0.3, -0.25) is 9.80 Å². The Morgan fingerprint density at radius 3 is 1.31 bits per heavy atom. The number of ether oxygens (including phenoxy) is 1. The van der Waals surface area contributed by atoms with Crippen LogP contribution < -0.4 is 4.74 Å². The fourth-order valence-electron chi connectivity index (χ4n) is 13.9. The van der Waals surface area contributed by atoms with Crippen LogP contribution in [0.15, 0.2) is 158 Å². The number of aromatic hydroxyl groups is 5. The Morgan fingerprint density at radius 2 is 0.845 bits per heavy atom. The number of hydrogen-bond acceptors (Lipinski definition) is 13. The van der Waals surface area contributed by atoms with E-state index in [4.69, 9.17) is 4.74 Å². The molecule has 0 radical (unpaired) electrons. The van der Waals surface area contributed by atoms with Crippen LogP contribution in [-0.4, -0.2) is 149 Å². The van der Waals surface area contributed by atoms with E-state index in [2.05, 4.69) is 221 Å². The van der Waals surface area contributed by atoms with Gasteiger partial charge in [-0.05, 0) is 221 Å². The van der Waals surface area contributed by atoms with Gasteiger partial charge in [0.25, 0.3) is 0 Å². The summed E-state index contributed by atoms with van der Waals surface area (Å²) in [5.74, 6) is 2.58. The van der Waals surface area contributed by atoms with E-state index < -0.39 is 0 Å². The molecule has 0 fully saturated rings. The molecule has 560 valence electrons. The topological polar surface area (TPSA) is 167 Å². The highest BCUT2D eigenvalue weighted by atomic mass is 16.5. The maximum Gasteiger partial charge on any atom is 0.127 e. The van der Waals surface area contributed by atoms with Crippen LogP contribution in [0.4, 0.5) is 0 Å². The minimum absolute atomic E-state index is 0.00139. The van der Waals surface area contributed by atoms with Crippen molar-refractivity contribution in [2.75, 3.05) is 88.8 Å². The molecule has 0 unspecified atom stereocenters. The summed E-state index contributed by atoms with van der Waals surface area (Å²) in [4.78, 5) is 10.5. The fraction of sp³-hybridized carbons (Fsp3) is 0.444. The molecule has 0 atom stereocenters. The lowest BCUT2D eigenvalue weighted by Gasteiger charge is -2.34. The predicted molar refractivity (Wildman–Crippen MR) is 432 cm³/mol. The first-order chi connectivity index (χ1) is 48.5. The van der Waals surface area contributed by atoms with E-state index in [1.807, 2.05) is 89.4 Å². The van der Waals surface area contributed by atoms with Gasteiger partial charge in [0.2, 0.25) is 0 Å². The predicted octanol–water partition coefficient (Wildman–Crippen LogP) is 18.5. The van der Waals surface area contributed by atoms with Crippen LogP contribution in [-0.2, 0) is 49.0 Å². The van der Waals surface area contributed by atoms with E-state index in [9.17, 15) is 35.7 Å². The van der Waals surface area contributed by atoms with Gasteiger partial charge >= 0.3 is 0 Å². The molecule has 0 aliphatic carbocycles. The normalized spacial score (nSPS) is 12.2. The Hall–Kier alpha value is -7.98. The van der Waals surface area contributed by atoms with Gasteiger partial charge in [0, 0.05) is 90.0 Å². The maximum absolute atomic E-state index is 11.1. The Kier molecular flexibility index (Phi) is 32.6. The average Bonchev–Trinajstić information content (AvgIpc) is 0.784. The zero-order chi connectivity index (χ0) is 76.7. The van der Waals surface area contributed by atoms with E-state index in [-0.39, 0.29) is 46.4 Å². The molecule has 0 heterocycles. The third-order valence-corrected chi connectivity index (χ3v) is 19.4. The lowest BCUT2D eigenvalue weighted by Crippen LogP contribution is -2.29. The molecule has 13 heteroatoms. The smallest absolute Gasteiger partial charge is 0.127 e. The van der Waals surface area contributed by atoms with E-state index in [0.717, 1.165) is 118 Å². The molecule has 8 aromatic carbocycles. The molecule has 103 heavy (non-hydrogen) atoms. The quantitative estimate of drug-likeness (QED) is 0.0232. The van der Waals surface area contributed by atoms with Crippen molar-refractivity contribution < 1.29 is 40.5 Å². The molecule has 0 saturated carbocycles. The first-order valence-corrected chi connectivity index (χ1v) is 36.7. The van der Waals surface area contributed by atoms with Crippen molar-refractivity contribution in [1.29, 1.82) is 0 Å². The molecule has 0 saturated heterocycles. The number of nitrogens with zero attached hydrogens (tertiary/aromatic N) is 5. The number of phenols is 5. The number of phenolic OH excluding ortho intramolecular Hbond substituents is 5. The minimum Gasteiger partial charge on any atom is -0.508 e. The van der Waals surface area contributed by atoms with Gasteiger partial charge in [0.1, 0.15) is 34.5 Å². The van der Waals surface area contributed by atoms with Crippen molar-refractivity contribution in [1.82, 2.24) is 24.5 Å². The second-order valence-electron chi connectivity index (χ2n) is 31.2. The first kappa shape index (κ1) is 85.7. The second-order valence-corrected chi connectivity index (χ2v) is 31.2. The molecule has 8 aromatic rings. The molecular formula is C90H127N5O8. The molecule has 0 bridgehead atoms. The van der Waals surface area contributed by atoms with Crippen LogP contribution in [0, 0.1) is 19.3 Å². The van der Waals surface area contributed by atoms with Crippen molar-refractivity contribution in [3.05, 3.63) is 236 Å². The van der Waals surface area contributed by atoms with Gasteiger partial charge in [-0.25, -0.2) is 0 Å². The summed E-state index contributed by atoms with van der Waals surface area (Å²) in [5, 5.41) is 70.4. The van der Waals surface area contributed by atoms with Crippen LogP contribution in [0.2, 0.25) is 0 Å².